The molecule has 3 aliphatic carbocycles. The highest BCUT2D eigenvalue weighted by molar-refractivity contribution is 5.94. The van der Waals surface area contributed by atoms with E-state index in [1.807, 2.05) is 6.92 Å². The van der Waals surface area contributed by atoms with E-state index in [1.165, 1.54) is 0 Å². The van der Waals surface area contributed by atoms with Gasteiger partial charge in [0.15, 0.2) is 5.78 Å². The second-order valence-electron chi connectivity index (χ2n) is 9.77. The van der Waals surface area contributed by atoms with Crippen molar-refractivity contribution in [2.75, 3.05) is 0 Å². The molecule has 1 spiro atoms. The quantitative estimate of drug-likeness (QED) is 0.748. The lowest BCUT2D eigenvalue weighted by atomic mass is 9.45. The first-order valence-corrected chi connectivity index (χ1v) is 9.70. The lowest BCUT2D eigenvalue weighted by Gasteiger charge is -2.57. The molecule has 1 heterocycles. The Morgan fingerprint density at radius 2 is 1.88 bits per heavy atom. The Morgan fingerprint density at radius 1 is 1.20 bits per heavy atom. The fourth-order valence-corrected chi connectivity index (χ4v) is 6.79. The molecule has 0 unspecified atom stereocenters. The summed E-state index contributed by atoms with van der Waals surface area (Å²) in [4.78, 5) is 25.8. The average molecular weight is 350 g/mol. The number of fused-ring (bicyclic) bond motifs is 3. The van der Waals surface area contributed by atoms with Crippen LogP contribution in [0, 0.1) is 28.1 Å². The van der Waals surface area contributed by atoms with Crippen LogP contribution in [-0.4, -0.2) is 39.8 Å². The van der Waals surface area contributed by atoms with Gasteiger partial charge in [0, 0.05) is 5.41 Å². The van der Waals surface area contributed by atoms with Crippen LogP contribution in [0.2, 0.25) is 0 Å². The normalized spacial score (nSPS) is 54.5. The number of ketones is 1. The Hall–Kier alpha value is -0.940. The summed E-state index contributed by atoms with van der Waals surface area (Å²) in [7, 11) is 0. The smallest absolute Gasteiger partial charge is 0.309 e. The molecule has 0 amide bonds. The molecular formula is C20H30O5. The second-order valence-corrected chi connectivity index (χ2v) is 9.77. The zero-order valence-electron chi connectivity index (χ0n) is 15.7. The number of Topliss-reactive ketones (excluding diaryl/α,β-unsaturated/α-hetero) is 1. The Labute approximate surface area is 149 Å². The van der Waals surface area contributed by atoms with Gasteiger partial charge in [-0.1, -0.05) is 27.2 Å². The van der Waals surface area contributed by atoms with E-state index in [1.54, 1.807) is 6.92 Å². The van der Waals surface area contributed by atoms with Gasteiger partial charge in [-0.3, -0.25) is 9.59 Å². The minimum absolute atomic E-state index is 0.0703. The number of carboxylic acids is 1. The molecule has 4 rings (SSSR count). The number of carbonyl (C=O) groups is 2. The average Bonchev–Trinajstić information content (AvgIpc) is 3.19. The summed E-state index contributed by atoms with van der Waals surface area (Å²) in [5, 5.41) is 20.9. The largest absolute Gasteiger partial charge is 0.481 e. The van der Waals surface area contributed by atoms with Gasteiger partial charge in [0.05, 0.1) is 22.5 Å². The molecule has 5 heteroatoms. The maximum atomic E-state index is 13.8. The van der Waals surface area contributed by atoms with E-state index in [-0.39, 0.29) is 23.4 Å². The van der Waals surface area contributed by atoms with Gasteiger partial charge < -0.3 is 14.9 Å². The van der Waals surface area contributed by atoms with Crippen molar-refractivity contribution in [2.45, 2.75) is 84.0 Å². The first kappa shape index (κ1) is 17.5. The van der Waals surface area contributed by atoms with Crippen molar-refractivity contribution >= 4 is 11.8 Å². The summed E-state index contributed by atoms with van der Waals surface area (Å²) < 4.78 is 6.06. The van der Waals surface area contributed by atoms with Gasteiger partial charge in [0.1, 0.15) is 6.10 Å². The third-order valence-electron chi connectivity index (χ3n) is 8.51. The van der Waals surface area contributed by atoms with Crippen molar-refractivity contribution in [2.24, 2.45) is 28.1 Å². The maximum Gasteiger partial charge on any atom is 0.309 e. The van der Waals surface area contributed by atoms with Gasteiger partial charge in [-0.15, -0.1) is 0 Å². The van der Waals surface area contributed by atoms with Gasteiger partial charge in [0.2, 0.25) is 0 Å². The van der Waals surface area contributed by atoms with Crippen LogP contribution in [-0.2, 0) is 14.3 Å². The molecule has 0 aromatic carbocycles. The van der Waals surface area contributed by atoms with Crippen molar-refractivity contribution in [1.82, 2.24) is 0 Å². The number of aliphatic carboxylic acids is 1. The topological polar surface area (TPSA) is 87.1 Å². The van der Waals surface area contributed by atoms with Crippen LogP contribution in [0.1, 0.15) is 66.2 Å². The van der Waals surface area contributed by atoms with E-state index in [9.17, 15) is 19.8 Å². The van der Waals surface area contributed by atoms with E-state index in [4.69, 9.17) is 4.74 Å². The SMILES string of the molecule is CC(C)[C@@]12CC[C@]3(C(=O)[C@@]4(C)CCC[C@@](C)(C(=O)O)[C@@H]4C[C@H]3O)[C@@H]1O2. The first-order valence-electron chi connectivity index (χ1n) is 9.70. The minimum atomic E-state index is -0.941. The first-order chi connectivity index (χ1) is 11.6. The van der Waals surface area contributed by atoms with Crippen LogP contribution in [0.15, 0.2) is 0 Å². The summed E-state index contributed by atoms with van der Waals surface area (Å²) in [6.45, 7) is 7.94. The molecule has 5 nitrogen and oxygen atoms in total. The van der Waals surface area contributed by atoms with E-state index < -0.39 is 28.3 Å². The molecule has 2 N–H and O–H groups in total. The van der Waals surface area contributed by atoms with Crippen molar-refractivity contribution in [3.8, 4) is 0 Å². The number of carboxylic acid groups (broad SMARTS) is 1. The highest BCUT2D eigenvalue weighted by atomic mass is 16.6. The number of hydrogen-bond donors (Lipinski definition) is 2. The zero-order valence-corrected chi connectivity index (χ0v) is 15.7. The van der Waals surface area contributed by atoms with Gasteiger partial charge in [-0.05, 0) is 50.9 Å². The molecule has 0 aromatic heterocycles. The predicted molar refractivity (Wildman–Crippen MR) is 90.9 cm³/mol. The summed E-state index contributed by atoms with van der Waals surface area (Å²) in [6.07, 6.45) is 2.91. The van der Waals surface area contributed by atoms with Crippen molar-refractivity contribution < 1.29 is 24.5 Å². The van der Waals surface area contributed by atoms with Crippen LogP contribution >= 0.6 is 0 Å². The van der Waals surface area contributed by atoms with Crippen molar-refractivity contribution in [1.29, 1.82) is 0 Å². The van der Waals surface area contributed by atoms with E-state index >= 15 is 0 Å². The molecule has 1 aliphatic heterocycles. The van der Waals surface area contributed by atoms with E-state index in [0.717, 1.165) is 19.3 Å². The lowest BCUT2D eigenvalue weighted by Crippen LogP contribution is -2.64. The highest BCUT2D eigenvalue weighted by Crippen LogP contribution is 2.70. The molecule has 0 bridgehead atoms. The van der Waals surface area contributed by atoms with Crippen molar-refractivity contribution in [3.05, 3.63) is 0 Å². The second kappa shape index (κ2) is 4.86. The van der Waals surface area contributed by atoms with E-state index in [0.29, 0.717) is 25.2 Å². The highest BCUT2D eigenvalue weighted by Gasteiger charge is 2.79. The molecule has 0 radical (unpaired) electrons. The number of ether oxygens (including phenoxy) is 1. The Bertz CT molecular complexity index is 644. The number of aliphatic hydroxyl groups is 1. The summed E-state index contributed by atoms with van der Waals surface area (Å²) in [6, 6.07) is 0. The molecule has 140 valence electrons. The number of aliphatic hydroxyl groups excluding tert-OH is 1. The number of carbonyl (C=O) groups excluding carboxylic acids is 1. The number of epoxide rings is 1. The molecule has 0 aromatic rings. The predicted octanol–water partition coefficient (Wildman–Crippen LogP) is 2.79. The maximum absolute atomic E-state index is 13.8. The minimum Gasteiger partial charge on any atom is -0.481 e. The third kappa shape index (κ3) is 1.82. The van der Waals surface area contributed by atoms with Gasteiger partial charge >= 0.3 is 5.97 Å². The van der Waals surface area contributed by atoms with Crippen LogP contribution in [0.3, 0.4) is 0 Å². The number of rotatable bonds is 2. The molecular weight excluding hydrogens is 320 g/mol. The summed E-state index contributed by atoms with van der Waals surface area (Å²) in [5.41, 5.74) is -2.70. The van der Waals surface area contributed by atoms with Gasteiger partial charge in [0.25, 0.3) is 0 Å². The molecule has 4 fully saturated rings. The fourth-order valence-electron chi connectivity index (χ4n) is 6.79. The molecule has 3 saturated carbocycles. The molecule has 7 atom stereocenters. The Kier molecular flexibility index (Phi) is 3.40. The third-order valence-corrected chi connectivity index (χ3v) is 8.51. The van der Waals surface area contributed by atoms with Crippen LogP contribution in [0.4, 0.5) is 0 Å². The molecule has 4 aliphatic rings. The summed E-state index contributed by atoms with van der Waals surface area (Å²) in [5.74, 6) is -0.767. The zero-order chi connectivity index (χ0) is 18.4. The lowest BCUT2D eigenvalue weighted by molar-refractivity contribution is -0.187. The van der Waals surface area contributed by atoms with Crippen LogP contribution in [0.5, 0.6) is 0 Å². The van der Waals surface area contributed by atoms with Gasteiger partial charge in [-0.2, -0.15) is 0 Å². The number of hydrogen-bond acceptors (Lipinski definition) is 4. The van der Waals surface area contributed by atoms with Crippen LogP contribution in [0.25, 0.3) is 0 Å². The molecule has 25 heavy (non-hydrogen) atoms. The monoisotopic (exact) mass is 350 g/mol. The standard InChI is InChI=1S/C20H30O5/c1-11(2)20-9-8-19(15(20)25-20)13(21)10-12-17(3,14(19)22)6-5-7-18(12,4)16(23)24/h11-13,15,21H,5-10H2,1-4H3,(H,23,24)/t12-,13-,15+,17+,18-,19+,20+/m1/s1. The Balaban J connectivity index is 1.75. The van der Waals surface area contributed by atoms with Crippen LogP contribution < -0.4 is 0 Å². The van der Waals surface area contributed by atoms with Gasteiger partial charge in [-0.25, -0.2) is 0 Å². The molecule has 1 saturated heterocycles. The summed E-state index contributed by atoms with van der Waals surface area (Å²) >= 11 is 0. The van der Waals surface area contributed by atoms with Crippen molar-refractivity contribution in [3.63, 3.8) is 0 Å². The van der Waals surface area contributed by atoms with E-state index in [2.05, 4.69) is 13.8 Å². The Morgan fingerprint density at radius 3 is 2.40 bits per heavy atom. The fraction of sp³-hybridized carbons (Fsp3) is 0.900.